The number of rotatable bonds is 3. The summed E-state index contributed by atoms with van der Waals surface area (Å²) in [6.07, 6.45) is 1.22. The molecular formula is C14H7Cl3N2O2. The van der Waals surface area contributed by atoms with Crippen LogP contribution in [0.25, 0.3) is 0 Å². The zero-order valence-corrected chi connectivity index (χ0v) is 12.7. The summed E-state index contributed by atoms with van der Waals surface area (Å²) >= 11 is 17.5. The van der Waals surface area contributed by atoms with Crippen LogP contribution in [0.4, 0.5) is 0 Å². The van der Waals surface area contributed by atoms with Crippen LogP contribution in [0.3, 0.4) is 0 Å². The highest BCUT2D eigenvalue weighted by Crippen LogP contribution is 2.31. The third kappa shape index (κ3) is 3.64. The van der Waals surface area contributed by atoms with Crippen LogP contribution in [0.5, 0.6) is 0 Å². The predicted octanol–water partition coefficient (Wildman–Crippen LogP) is 4.27. The summed E-state index contributed by atoms with van der Waals surface area (Å²) in [5, 5.41) is 8.94. The second-order valence-electron chi connectivity index (χ2n) is 3.97. The molecule has 0 atom stereocenters. The summed E-state index contributed by atoms with van der Waals surface area (Å²) in [4.78, 5) is 15.7. The minimum absolute atomic E-state index is 0.00733. The Hall–Kier alpha value is -1.80. The van der Waals surface area contributed by atoms with Crippen molar-refractivity contribution < 1.29 is 9.53 Å². The molecule has 2 aromatic rings. The van der Waals surface area contributed by atoms with Gasteiger partial charge in [0.15, 0.2) is 5.69 Å². The van der Waals surface area contributed by atoms with Crippen LogP contribution >= 0.6 is 34.8 Å². The molecule has 0 amide bonds. The molecule has 0 saturated heterocycles. The maximum absolute atomic E-state index is 11.9. The third-order valence-corrected chi connectivity index (χ3v) is 3.78. The highest BCUT2D eigenvalue weighted by molar-refractivity contribution is 6.48. The van der Waals surface area contributed by atoms with Crippen molar-refractivity contribution in [2.24, 2.45) is 0 Å². The lowest BCUT2D eigenvalue weighted by Gasteiger charge is -2.07. The van der Waals surface area contributed by atoms with Crippen LogP contribution in [-0.4, -0.2) is 11.0 Å². The van der Waals surface area contributed by atoms with Gasteiger partial charge >= 0.3 is 5.97 Å². The topological polar surface area (TPSA) is 63.0 Å². The summed E-state index contributed by atoms with van der Waals surface area (Å²) in [6.45, 7) is -0.00733. The Morgan fingerprint density at radius 2 is 2.05 bits per heavy atom. The number of hydrogen-bond acceptors (Lipinski definition) is 4. The maximum Gasteiger partial charge on any atom is 0.358 e. The molecule has 0 N–H and O–H groups in total. The van der Waals surface area contributed by atoms with E-state index in [1.165, 1.54) is 6.20 Å². The first-order valence-electron chi connectivity index (χ1n) is 5.68. The molecular weight excluding hydrogens is 335 g/mol. The lowest BCUT2D eigenvalue weighted by Crippen LogP contribution is -2.08. The number of benzene rings is 1. The molecule has 0 fully saturated rings. The van der Waals surface area contributed by atoms with E-state index in [1.807, 2.05) is 6.07 Å². The number of nitrogens with zero attached hydrogens (tertiary/aromatic N) is 2. The number of nitriles is 1. The van der Waals surface area contributed by atoms with Crippen LogP contribution in [0, 0.1) is 11.3 Å². The van der Waals surface area contributed by atoms with Gasteiger partial charge in [0.2, 0.25) is 0 Å². The Morgan fingerprint density at radius 3 is 2.76 bits per heavy atom. The molecule has 1 aromatic carbocycles. The van der Waals surface area contributed by atoms with Crippen LogP contribution in [0.2, 0.25) is 15.1 Å². The highest BCUT2D eigenvalue weighted by Gasteiger charge is 2.18. The van der Waals surface area contributed by atoms with Gasteiger partial charge < -0.3 is 4.74 Å². The first kappa shape index (κ1) is 15.6. The summed E-state index contributed by atoms with van der Waals surface area (Å²) in [5.41, 5.74) is 1.05. The SMILES string of the molecule is N#Cc1cccc(COC(=O)c2ncc(Cl)c(Cl)c2Cl)c1. The quantitative estimate of drug-likeness (QED) is 0.782. The number of pyridine rings is 1. The average Bonchev–Trinajstić information content (AvgIpc) is 2.50. The minimum Gasteiger partial charge on any atom is -0.456 e. The van der Waals surface area contributed by atoms with Gasteiger partial charge in [-0.1, -0.05) is 46.9 Å². The normalized spacial score (nSPS) is 10.0. The number of halogens is 3. The number of ether oxygens (including phenoxy) is 1. The predicted molar refractivity (Wildman–Crippen MR) is 79.5 cm³/mol. The zero-order chi connectivity index (χ0) is 15.4. The average molecular weight is 342 g/mol. The van der Waals surface area contributed by atoms with Gasteiger partial charge in [0.1, 0.15) is 6.61 Å². The second kappa shape index (κ2) is 6.77. The standard InChI is InChI=1S/C14H7Cl3N2O2/c15-10-6-19-13(12(17)11(10)16)14(20)21-7-9-3-1-2-8(4-9)5-18/h1-4,6H,7H2. The lowest BCUT2D eigenvalue weighted by molar-refractivity contribution is 0.0466. The smallest absolute Gasteiger partial charge is 0.358 e. The van der Waals surface area contributed by atoms with Crippen molar-refractivity contribution >= 4 is 40.8 Å². The van der Waals surface area contributed by atoms with Crippen molar-refractivity contribution in [3.63, 3.8) is 0 Å². The first-order chi connectivity index (χ1) is 10.0. The van der Waals surface area contributed by atoms with Gasteiger partial charge in [-0.15, -0.1) is 0 Å². The molecule has 0 bridgehead atoms. The molecule has 0 aliphatic heterocycles. The molecule has 4 nitrogen and oxygen atoms in total. The Bertz CT molecular complexity index is 741. The van der Waals surface area contributed by atoms with Gasteiger partial charge in [0, 0.05) is 6.20 Å². The van der Waals surface area contributed by atoms with Crippen molar-refractivity contribution in [1.29, 1.82) is 5.26 Å². The van der Waals surface area contributed by atoms with E-state index in [1.54, 1.807) is 24.3 Å². The molecule has 1 aromatic heterocycles. The summed E-state index contributed by atoms with van der Waals surface area (Å²) in [5.74, 6) is -0.721. The van der Waals surface area contributed by atoms with E-state index in [2.05, 4.69) is 4.98 Å². The molecule has 1 heterocycles. The molecule has 0 aliphatic carbocycles. The number of aromatic nitrogens is 1. The van der Waals surface area contributed by atoms with E-state index in [0.717, 1.165) is 0 Å². The highest BCUT2D eigenvalue weighted by atomic mass is 35.5. The number of carbonyl (C=O) groups is 1. The fourth-order valence-electron chi connectivity index (χ4n) is 1.53. The van der Waals surface area contributed by atoms with Crippen LogP contribution in [-0.2, 0) is 11.3 Å². The molecule has 0 aliphatic rings. The van der Waals surface area contributed by atoms with E-state index in [-0.39, 0.29) is 27.4 Å². The van der Waals surface area contributed by atoms with Crippen molar-refractivity contribution in [3.8, 4) is 6.07 Å². The van der Waals surface area contributed by atoms with E-state index in [0.29, 0.717) is 11.1 Å². The van der Waals surface area contributed by atoms with Crippen molar-refractivity contribution in [2.45, 2.75) is 6.61 Å². The largest absolute Gasteiger partial charge is 0.456 e. The molecule has 0 spiro atoms. The number of hydrogen-bond donors (Lipinski definition) is 0. The van der Waals surface area contributed by atoms with Crippen molar-refractivity contribution in [2.75, 3.05) is 0 Å². The third-order valence-electron chi connectivity index (χ3n) is 2.54. The second-order valence-corrected chi connectivity index (χ2v) is 5.13. The van der Waals surface area contributed by atoms with Crippen molar-refractivity contribution in [1.82, 2.24) is 4.98 Å². The molecule has 2 rings (SSSR count). The Labute approximate surface area is 135 Å². The van der Waals surface area contributed by atoms with E-state index in [9.17, 15) is 4.79 Å². The van der Waals surface area contributed by atoms with Gasteiger partial charge in [-0.2, -0.15) is 5.26 Å². The van der Waals surface area contributed by atoms with Crippen LogP contribution in [0.1, 0.15) is 21.6 Å². The maximum atomic E-state index is 11.9. The Balaban J connectivity index is 2.12. The van der Waals surface area contributed by atoms with Gasteiger partial charge in [-0.3, -0.25) is 0 Å². The Morgan fingerprint density at radius 1 is 1.29 bits per heavy atom. The molecule has 0 unspecified atom stereocenters. The summed E-state index contributed by atoms with van der Waals surface area (Å²) in [7, 11) is 0. The molecule has 21 heavy (non-hydrogen) atoms. The minimum atomic E-state index is -0.721. The molecule has 106 valence electrons. The summed E-state index contributed by atoms with van der Waals surface area (Å²) in [6, 6.07) is 8.72. The van der Waals surface area contributed by atoms with Crippen LogP contribution < -0.4 is 0 Å². The van der Waals surface area contributed by atoms with E-state index in [4.69, 9.17) is 44.8 Å². The van der Waals surface area contributed by atoms with Crippen LogP contribution in [0.15, 0.2) is 30.5 Å². The molecule has 7 heteroatoms. The molecule has 0 radical (unpaired) electrons. The lowest BCUT2D eigenvalue weighted by atomic mass is 10.1. The van der Waals surface area contributed by atoms with Gasteiger partial charge in [0.25, 0.3) is 0 Å². The monoisotopic (exact) mass is 340 g/mol. The zero-order valence-electron chi connectivity index (χ0n) is 10.4. The number of carbonyl (C=O) groups excluding carboxylic acids is 1. The van der Waals surface area contributed by atoms with Crippen molar-refractivity contribution in [3.05, 3.63) is 62.4 Å². The van der Waals surface area contributed by atoms with Gasteiger partial charge in [0.05, 0.1) is 26.7 Å². The van der Waals surface area contributed by atoms with E-state index < -0.39 is 5.97 Å². The van der Waals surface area contributed by atoms with E-state index >= 15 is 0 Å². The fraction of sp³-hybridized carbons (Fsp3) is 0.0714. The summed E-state index contributed by atoms with van der Waals surface area (Å²) < 4.78 is 5.09. The Kier molecular flexibility index (Phi) is 5.03. The van der Waals surface area contributed by atoms with Gasteiger partial charge in [-0.05, 0) is 17.7 Å². The van der Waals surface area contributed by atoms with Gasteiger partial charge in [-0.25, -0.2) is 9.78 Å². The first-order valence-corrected chi connectivity index (χ1v) is 6.82. The number of esters is 1. The molecule has 0 saturated carbocycles. The fourth-order valence-corrected chi connectivity index (χ4v) is 2.09.